The van der Waals surface area contributed by atoms with Crippen LogP contribution in [0.2, 0.25) is 0 Å². The van der Waals surface area contributed by atoms with Gasteiger partial charge in [-0.1, -0.05) is 0 Å². The van der Waals surface area contributed by atoms with Gasteiger partial charge in [-0.15, -0.1) is 11.3 Å². The summed E-state index contributed by atoms with van der Waals surface area (Å²) in [5.74, 6) is 0.751. The van der Waals surface area contributed by atoms with E-state index in [2.05, 4.69) is 36.5 Å². The minimum Gasteiger partial charge on any atom is -0.369 e. The molecule has 124 valence electrons. The van der Waals surface area contributed by atoms with Gasteiger partial charge in [0.15, 0.2) is 5.52 Å². The molecule has 0 aliphatic carbocycles. The molecule has 0 unspecified atom stereocenters. The summed E-state index contributed by atoms with van der Waals surface area (Å²) >= 11 is 1.60. The molecule has 2 aromatic heterocycles. The van der Waals surface area contributed by atoms with E-state index in [-0.39, 0.29) is 0 Å². The van der Waals surface area contributed by atoms with Gasteiger partial charge in [-0.25, -0.2) is 9.61 Å². The Morgan fingerprint density at radius 1 is 1.17 bits per heavy atom. The number of rotatable bonds is 4. The fourth-order valence-corrected chi connectivity index (χ4v) is 4.39. The quantitative estimate of drug-likeness (QED) is 0.727. The zero-order valence-corrected chi connectivity index (χ0v) is 14.2. The van der Waals surface area contributed by atoms with Crippen LogP contribution in [0.4, 0.5) is 5.69 Å². The van der Waals surface area contributed by atoms with Crippen LogP contribution in [-0.2, 0) is 0 Å². The highest BCUT2D eigenvalue weighted by Crippen LogP contribution is 2.35. The van der Waals surface area contributed by atoms with Gasteiger partial charge in [0.25, 0.3) is 0 Å². The maximum atomic E-state index is 4.98. The Kier molecular flexibility index (Phi) is 3.48. The predicted molar refractivity (Wildman–Crippen MR) is 94.3 cm³/mol. The number of hydrogen-bond acceptors (Lipinski definition) is 7. The summed E-state index contributed by atoms with van der Waals surface area (Å²) in [6, 6.07) is 4.18. The topological polar surface area (TPSA) is 58.3 Å². The highest BCUT2D eigenvalue weighted by atomic mass is 32.1. The molecule has 1 aromatic carbocycles. The molecule has 0 saturated carbocycles. The van der Waals surface area contributed by atoms with Crippen LogP contribution in [0, 0.1) is 5.92 Å². The first-order valence-electron chi connectivity index (χ1n) is 8.49. The molecule has 0 N–H and O–H groups in total. The molecule has 0 amide bonds. The number of benzene rings is 1. The number of hydrogen-bond donors (Lipinski definition) is 0. The van der Waals surface area contributed by atoms with Crippen molar-refractivity contribution in [1.29, 1.82) is 0 Å². The fraction of sp³-hybridized carbons (Fsp3) is 0.471. The van der Waals surface area contributed by atoms with Crippen LogP contribution in [0.3, 0.4) is 0 Å². The molecular weight excluding hydrogens is 322 g/mol. The van der Waals surface area contributed by atoms with E-state index in [1.165, 1.54) is 32.5 Å². The first kappa shape index (κ1) is 14.4. The lowest BCUT2D eigenvalue weighted by molar-refractivity contribution is 0.247. The van der Waals surface area contributed by atoms with Crippen molar-refractivity contribution in [3.05, 3.63) is 23.0 Å². The van der Waals surface area contributed by atoms with Gasteiger partial charge < -0.3 is 9.80 Å². The number of likely N-dealkylation sites (tertiary alicyclic amines) is 1. The monoisotopic (exact) mass is 341 g/mol. The second-order valence-corrected chi connectivity index (χ2v) is 7.50. The van der Waals surface area contributed by atoms with Crippen molar-refractivity contribution >= 4 is 28.1 Å². The van der Waals surface area contributed by atoms with Crippen LogP contribution in [0.5, 0.6) is 0 Å². The summed E-state index contributed by atoms with van der Waals surface area (Å²) in [7, 11) is 0. The van der Waals surface area contributed by atoms with Crippen molar-refractivity contribution in [2.24, 2.45) is 5.92 Å². The van der Waals surface area contributed by atoms with Gasteiger partial charge >= 0.3 is 0 Å². The number of nitrogens with zero attached hydrogens (tertiary/aromatic N) is 5. The van der Waals surface area contributed by atoms with E-state index >= 15 is 0 Å². The van der Waals surface area contributed by atoms with Crippen LogP contribution >= 0.6 is 11.3 Å². The van der Waals surface area contributed by atoms with E-state index in [1.54, 1.807) is 11.3 Å². The highest BCUT2D eigenvalue weighted by molar-refractivity contribution is 7.07. The Morgan fingerprint density at radius 3 is 2.83 bits per heavy atom. The summed E-state index contributed by atoms with van der Waals surface area (Å²) in [6.45, 7) is 5.93. The highest BCUT2D eigenvalue weighted by Gasteiger charge is 2.31. The van der Waals surface area contributed by atoms with Crippen molar-refractivity contribution in [3.8, 4) is 11.3 Å². The zero-order chi connectivity index (χ0) is 15.9. The molecule has 0 radical (unpaired) electrons. The lowest BCUT2D eigenvalue weighted by Gasteiger charge is -2.42. The second kappa shape index (κ2) is 5.82. The molecule has 0 atom stereocenters. The summed E-state index contributed by atoms with van der Waals surface area (Å²) in [6.07, 6.45) is 2.72. The Morgan fingerprint density at radius 2 is 2.04 bits per heavy atom. The van der Waals surface area contributed by atoms with Crippen LogP contribution in [0.15, 0.2) is 27.7 Å². The molecule has 2 aliphatic rings. The van der Waals surface area contributed by atoms with Gasteiger partial charge in [0.1, 0.15) is 5.52 Å². The molecule has 2 aliphatic heterocycles. The van der Waals surface area contributed by atoms with Gasteiger partial charge in [0.05, 0.1) is 16.9 Å². The zero-order valence-electron chi connectivity index (χ0n) is 13.4. The molecule has 7 heteroatoms. The average Bonchev–Trinajstić information content (AvgIpc) is 3.31. The third-order valence-electron chi connectivity index (χ3n) is 5.08. The van der Waals surface area contributed by atoms with Crippen molar-refractivity contribution in [1.82, 2.24) is 20.2 Å². The Labute approximate surface area is 144 Å². The fourth-order valence-electron chi connectivity index (χ4n) is 3.83. The molecule has 5 rings (SSSR count). The van der Waals surface area contributed by atoms with Gasteiger partial charge in [-0.05, 0) is 48.4 Å². The first-order valence-corrected chi connectivity index (χ1v) is 9.43. The molecule has 24 heavy (non-hydrogen) atoms. The molecule has 0 bridgehead atoms. The standard InChI is InChI=1S/C17H19N5OS/c1-2-4-21(3-1)7-12-8-22(9-12)16-6-13(15-10-24-11-18-15)5-14-17(16)20-23-19-14/h5-6,10-12H,1-4,7-9H2. The Hall–Kier alpha value is -1.99. The van der Waals surface area contributed by atoms with Crippen LogP contribution in [0.25, 0.3) is 22.3 Å². The summed E-state index contributed by atoms with van der Waals surface area (Å²) in [5, 5.41) is 10.2. The van der Waals surface area contributed by atoms with E-state index in [0.29, 0.717) is 0 Å². The minimum atomic E-state index is 0.751. The van der Waals surface area contributed by atoms with E-state index in [4.69, 9.17) is 4.63 Å². The SMILES string of the molecule is c1nc(-c2cc(N3CC(CN4CCCC4)C3)c3nonc3c2)cs1. The third-order valence-corrected chi connectivity index (χ3v) is 5.67. The lowest BCUT2D eigenvalue weighted by atomic mass is 9.97. The Balaban J connectivity index is 1.39. The van der Waals surface area contributed by atoms with Gasteiger partial charge in [0.2, 0.25) is 0 Å². The van der Waals surface area contributed by atoms with E-state index in [1.807, 2.05) is 11.6 Å². The molecule has 6 nitrogen and oxygen atoms in total. The summed E-state index contributed by atoms with van der Waals surface area (Å²) in [4.78, 5) is 9.41. The van der Waals surface area contributed by atoms with Crippen LogP contribution in [-0.4, -0.2) is 52.9 Å². The van der Waals surface area contributed by atoms with Crippen LogP contribution in [0.1, 0.15) is 12.8 Å². The van der Waals surface area contributed by atoms with Crippen molar-refractivity contribution in [2.75, 3.05) is 37.6 Å². The molecule has 3 aromatic rings. The maximum Gasteiger partial charge on any atom is 0.158 e. The normalized spacial score (nSPS) is 19.2. The lowest BCUT2D eigenvalue weighted by Crippen LogP contribution is -2.51. The molecule has 0 spiro atoms. The predicted octanol–water partition coefficient (Wildman–Crippen LogP) is 2.88. The summed E-state index contributed by atoms with van der Waals surface area (Å²) < 4.78 is 4.98. The van der Waals surface area contributed by atoms with E-state index in [0.717, 1.165) is 47.0 Å². The first-order chi connectivity index (χ1) is 11.9. The van der Waals surface area contributed by atoms with E-state index < -0.39 is 0 Å². The smallest absolute Gasteiger partial charge is 0.158 e. The largest absolute Gasteiger partial charge is 0.369 e. The number of thiazole rings is 1. The number of anilines is 1. The van der Waals surface area contributed by atoms with Crippen molar-refractivity contribution in [3.63, 3.8) is 0 Å². The van der Waals surface area contributed by atoms with Gasteiger partial charge in [0, 0.05) is 36.5 Å². The van der Waals surface area contributed by atoms with Crippen molar-refractivity contribution in [2.45, 2.75) is 12.8 Å². The van der Waals surface area contributed by atoms with Gasteiger partial charge in [-0.2, -0.15) is 0 Å². The van der Waals surface area contributed by atoms with Crippen molar-refractivity contribution < 1.29 is 4.63 Å². The Bertz CT molecular complexity index is 834. The number of fused-ring (bicyclic) bond motifs is 1. The molecule has 4 heterocycles. The molecule has 2 saturated heterocycles. The molecular formula is C17H19N5OS. The van der Waals surface area contributed by atoms with Crippen LogP contribution < -0.4 is 4.90 Å². The molecule has 2 fully saturated rings. The minimum absolute atomic E-state index is 0.751. The van der Waals surface area contributed by atoms with Gasteiger partial charge in [-0.3, -0.25) is 0 Å². The number of aromatic nitrogens is 3. The third kappa shape index (κ3) is 2.48. The summed E-state index contributed by atoms with van der Waals surface area (Å²) in [5.41, 5.74) is 6.70. The average molecular weight is 341 g/mol. The second-order valence-electron chi connectivity index (χ2n) is 6.78. The maximum absolute atomic E-state index is 4.98. The van der Waals surface area contributed by atoms with E-state index in [9.17, 15) is 0 Å².